The van der Waals surface area contributed by atoms with Crippen LogP contribution in [-0.4, -0.2) is 52.1 Å². The van der Waals surface area contributed by atoms with Crippen LogP contribution in [0.25, 0.3) is 11.1 Å². The van der Waals surface area contributed by atoms with Gasteiger partial charge in [-0.05, 0) is 22.6 Å². The fourth-order valence-corrected chi connectivity index (χ4v) is 3.83. The number of rotatable bonds is 5. The van der Waals surface area contributed by atoms with Gasteiger partial charge in [-0.3, -0.25) is 9.11 Å². The maximum atomic E-state index is 12.3. The van der Waals surface area contributed by atoms with Crippen LogP contribution in [0.15, 0.2) is 40.1 Å². The average molecular weight is 452 g/mol. The third-order valence-electron chi connectivity index (χ3n) is 3.58. The fraction of sp³-hybridized carbons (Fsp3) is 0.125. The summed E-state index contributed by atoms with van der Waals surface area (Å²) in [6.07, 6.45) is 0. The Bertz CT molecular complexity index is 1170. The molecular formula is C16H13NaO10S2. The Morgan fingerprint density at radius 2 is 1.45 bits per heavy atom. The summed E-state index contributed by atoms with van der Waals surface area (Å²) >= 11 is 0. The zero-order valence-electron chi connectivity index (χ0n) is 15.4. The smallest absolute Gasteiger partial charge is 0.465 e. The first-order valence-corrected chi connectivity index (χ1v) is 10.1. The van der Waals surface area contributed by atoms with E-state index in [1.54, 1.807) is 0 Å². The molecule has 0 aliphatic carbocycles. The molecule has 0 spiro atoms. The molecule has 0 saturated carbocycles. The number of carbonyl (C=O) groups excluding carboxylic acids is 2. The first-order chi connectivity index (χ1) is 12.9. The van der Waals surface area contributed by atoms with Crippen LogP contribution in [0.2, 0.25) is 0 Å². The van der Waals surface area contributed by atoms with E-state index in [0.29, 0.717) is 6.07 Å². The number of ether oxygens (including phenoxy) is 2. The van der Waals surface area contributed by atoms with Gasteiger partial charge in [0.2, 0.25) is 10.1 Å². The average Bonchev–Trinajstić information content (AvgIpc) is 2.64. The molecule has 0 radical (unpaired) electrons. The molecule has 29 heavy (non-hydrogen) atoms. The van der Waals surface area contributed by atoms with Gasteiger partial charge in [0.1, 0.15) is 4.90 Å². The molecule has 2 rings (SSSR count). The molecule has 0 bridgehead atoms. The molecule has 150 valence electrons. The van der Waals surface area contributed by atoms with Crippen LogP contribution >= 0.6 is 0 Å². The summed E-state index contributed by atoms with van der Waals surface area (Å²) in [4.78, 5) is 22.4. The normalized spacial score (nSPS) is 11.3. The Labute approximate surface area is 188 Å². The molecular weight excluding hydrogens is 439 g/mol. The molecule has 0 fully saturated rings. The van der Waals surface area contributed by atoms with E-state index in [-0.39, 0.29) is 35.1 Å². The fourth-order valence-electron chi connectivity index (χ4n) is 2.43. The van der Waals surface area contributed by atoms with Crippen molar-refractivity contribution in [3.05, 3.63) is 47.5 Å². The van der Waals surface area contributed by atoms with E-state index in [2.05, 4.69) is 15.5 Å². The minimum atomic E-state index is -5.06. The van der Waals surface area contributed by atoms with Crippen molar-refractivity contribution in [1.29, 1.82) is 0 Å². The zero-order valence-corrected chi connectivity index (χ0v) is 19.0. The van der Waals surface area contributed by atoms with Gasteiger partial charge in [0, 0.05) is 0 Å². The monoisotopic (exact) mass is 452 g/mol. The van der Waals surface area contributed by atoms with Crippen molar-refractivity contribution in [3.8, 4) is 11.1 Å². The second-order valence-corrected chi connectivity index (χ2v) is 8.03. The number of benzene rings is 2. The first-order valence-electron chi connectivity index (χ1n) is 7.22. The largest absolute Gasteiger partial charge is 1.00 e. The van der Waals surface area contributed by atoms with Gasteiger partial charge in [-0.1, -0.05) is 0 Å². The van der Waals surface area contributed by atoms with Crippen LogP contribution in [0, 0.1) is 6.07 Å². The number of methoxy groups -OCH3 is 2. The quantitative estimate of drug-likeness (QED) is 0.230. The minimum Gasteiger partial charge on any atom is -0.465 e. The van der Waals surface area contributed by atoms with Gasteiger partial charge in [0.15, 0.2) is 0 Å². The van der Waals surface area contributed by atoms with Crippen molar-refractivity contribution in [1.82, 2.24) is 0 Å². The van der Waals surface area contributed by atoms with E-state index < -0.39 is 58.7 Å². The van der Waals surface area contributed by atoms with Gasteiger partial charge < -0.3 is 9.47 Å². The van der Waals surface area contributed by atoms with Crippen molar-refractivity contribution in [2.45, 2.75) is 9.79 Å². The number of carbonyl (C=O) groups is 2. The van der Waals surface area contributed by atoms with Crippen molar-refractivity contribution in [3.63, 3.8) is 0 Å². The molecule has 0 unspecified atom stereocenters. The van der Waals surface area contributed by atoms with Crippen LogP contribution in [0.1, 0.15) is 20.7 Å². The van der Waals surface area contributed by atoms with E-state index in [9.17, 15) is 35.5 Å². The summed E-state index contributed by atoms with van der Waals surface area (Å²) < 4.78 is 75.1. The number of hydrogen-bond donors (Lipinski definition) is 2. The van der Waals surface area contributed by atoms with E-state index in [0.717, 1.165) is 32.4 Å². The molecule has 2 N–H and O–H groups in total. The Morgan fingerprint density at radius 1 is 0.897 bits per heavy atom. The summed E-state index contributed by atoms with van der Waals surface area (Å²) in [5, 5.41) is 0. The van der Waals surface area contributed by atoms with Gasteiger partial charge in [0.25, 0.3) is 10.1 Å². The SMILES string of the molecule is COC(=O)c1cc(-c2cc[c-]cc2S(=O)(=O)O)c(C(=O)OC)c(S(=O)(=O)O)c1.[Na+]. The van der Waals surface area contributed by atoms with Gasteiger partial charge >= 0.3 is 41.5 Å². The second-order valence-electron chi connectivity index (χ2n) is 5.25. The van der Waals surface area contributed by atoms with Crippen LogP contribution in [0.4, 0.5) is 0 Å². The Morgan fingerprint density at radius 3 is 1.93 bits per heavy atom. The van der Waals surface area contributed by atoms with Crippen LogP contribution in [0.3, 0.4) is 0 Å². The molecule has 0 heterocycles. The third-order valence-corrected chi connectivity index (χ3v) is 5.36. The second kappa shape index (κ2) is 9.34. The van der Waals surface area contributed by atoms with Crippen molar-refractivity contribution >= 4 is 32.2 Å². The predicted octanol–water partition coefficient (Wildman–Crippen LogP) is -1.78. The van der Waals surface area contributed by atoms with Gasteiger partial charge in [-0.15, -0.1) is 5.56 Å². The minimum absolute atomic E-state index is 0. The summed E-state index contributed by atoms with van der Waals surface area (Å²) in [5.41, 5.74) is -1.90. The molecule has 0 atom stereocenters. The Kier molecular flexibility index (Phi) is 8.13. The summed E-state index contributed by atoms with van der Waals surface area (Å²) in [6.45, 7) is 0. The van der Waals surface area contributed by atoms with E-state index in [1.165, 1.54) is 6.07 Å². The van der Waals surface area contributed by atoms with Crippen molar-refractivity contribution in [2.75, 3.05) is 14.2 Å². The van der Waals surface area contributed by atoms with Crippen LogP contribution in [0.5, 0.6) is 0 Å². The van der Waals surface area contributed by atoms with Crippen LogP contribution < -0.4 is 29.6 Å². The maximum absolute atomic E-state index is 12.3. The predicted molar refractivity (Wildman–Crippen MR) is 93.0 cm³/mol. The van der Waals surface area contributed by atoms with E-state index in [4.69, 9.17) is 0 Å². The molecule has 2 aromatic carbocycles. The maximum Gasteiger partial charge on any atom is 1.00 e. The molecule has 10 nitrogen and oxygen atoms in total. The molecule has 13 heteroatoms. The summed E-state index contributed by atoms with van der Waals surface area (Å²) in [5.74, 6) is -2.27. The topological polar surface area (TPSA) is 161 Å². The zero-order chi connectivity index (χ0) is 21.3. The summed E-state index contributed by atoms with van der Waals surface area (Å²) in [7, 11) is -7.96. The number of hydrogen-bond acceptors (Lipinski definition) is 8. The van der Waals surface area contributed by atoms with Crippen molar-refractivity contribution in [2.24, 2.45) is 0 Å². The molecule has 2 aromatic rings. The third kappa shape index (κ3) is 5.42. The van der Waals surface area contributed by atoms with E-state index in [1.807, 2.05) is 0 Å². The van der Waals surface area contributed by atoms with E-state index >= 15 is 0 Å². The molecule has 0 aromatic heterocycles. The summed E-state index contributed by atoms with van der Waals surface area (Å²) in [6, 6.07) is 7.28. The van der Waals surface area contributed by atoms with Gasteiger partial charge in [-0.2, -0.15) is 32.7 Å². The standard InChI is InChI=1S/C16H13O10S2.Na/c1-25-15(17)9-7-11(10-5-3-4-6-12(10)27(19,20)21)14(16(18)26-2)13(8-9)28(22,23)24;/h3,5-8H,1-2H3,(H,19,20,21)(H,22,23,24);/q-1;+1. The van der Waals surface area contributed by atoms with Crippen molar-refractivity contribution < 1.29 is 74.6 Å². The number of esters is 2. The molecule has 0 saturated heterocycles. The van der Waals surface area contributed by atoms with Gasteiger partial charge in [-0.25, -0.2) is 18.0 Å². The van der Waals surface area contributed by atoms with Crippen LogP contribution in [-0.2, 0) is 29.7 Å². The first kappa shape index (κ1) is 25.2. The Hall–Kier alpha value is -1.80. The van der Waals surface area contributed by atoms with Gasteiger partial charge in [0.05, 0.1) is 25.3 Å². The Balaban J connectivity index is 0.00000420. The molecule has 0 amide bonds. The molecule has 0 aliphatic heterocycles. The molecule has 0 aliphatic rings.